The summed E-state index contributed by atoms with van der Waals surface area (Å²) < 4.78 is 3.29. The van der Waals surface area contributed by atoms with Gasteiger partial charge in [-0.05, 0) is 24.4 Å². The number of benzene rings is 1. The summed E-state index contributed by atoms with van der Waals surface area (Å²) in [6.07, 6.45) is 0. The second kappa shape index (κ2) is 4.08. The summed E-state index contributed by atoms with van der Waals surface area (Å²) in [5, 5.41) is 3.26. The fourth-order valence-corrected chi connectivity index (χ4v) is 3.53. The molecule has 0 atom stereocenters. The van der Waals surface area contributed by atoms with Crippen LogP contribution >= 0.6 is 11.3 Å². The molecule has 20 heavy (non-hydrogen) atoms. The van der Waals surface area contributed by atoms with Crippen molar-refractivity contribution in [1.82, 2.24) is 9.38 Å². The van der Waals surface area contributed by atoms with Gasteiger partial charge in [0.2, 0.25) is 0 Å². The molecule has 3 aromatic heterocycles. The molecule has 2 N–H and O–H groups in total. The number of fused-ring (bicyclic) bond motifs is 3. The van der Waals surface area contributed by atoms with Crippen LogP contribution in [-0.2, 0) is 0 Å². The van der Waals surface area contributed by atoms with Crippen molar-refractivity contribution >= 4 is 32.9 Å². The molecule has 0 fully saturated rings. The van der Waals surface area contributed by atoms with E-state index in [1.54, 1.807) is 11.3 Å². The Kier molecular flexibility index (Phi) is 2.35. The molecule has 0 amide bonds. The molecule has 0 saturated heterocycles. The third kappa shape index (κ3) is 1.48. The van der Waals surface area contributed by atoms with Gasteiger partial charge in [-0.15, -0.1) is 11.3 Å². The minimum atomic E-state index is 0.705. The number of nitrogens with two attached hydrogens (primary N) is 1. The van der Waals surface area contributed by atoms with E-state index in [1.807, 2.05) is 34.7 Å². The fraction of sp³-hybridized carbons (Fsp3) is 0.0625. The van der Waals surface area contributed by atoms with Crippen LogP contribution in [0.25, 0.3) is 27.0 Å². The highest BCUT2D eigenvalue weighted by Crippen LogP contribution is 2.33. The van der Waals surface area contributed by atoms with E-state index in [2.05, 4.69) is 24.4 Å². The predicted molar refractivity (Wildman–Crippen MR) is 85.2 cm³/mol. The van der Waals surface area contributed by atoms with Crippen molar-refractivity contribution in [1.29, 1.82) is 0 Å². The lowest BCUT2D eigenvalue weighted by atomic mass is 10.1. The van der Waals surface area contributed by atoms with E-state index in [0.29, 0.717) is 5.82 Å². The summed E-state index contributed by atoms with van der Waals surface area (Å²) in [4.78, 5) is 4.79. The number of thiophene rings is 1. The Morgan fingerprint density at radius 1 is 1.15 bits per heavy atom. The van der Waals surface area contributed by atoms with E-state index >= 15 is 0 Å². The Morgan fingerprint density at radius 2 is 1.95 bits per heavy atom. The molecule has 4 heteroatoms. The molecule has 98 valence electrons. The highest BCUT2D eigenvalue weighted by molar-refractivity contribution is 7.17. The first-order valence-corrected chi connectivity index (χ1v) is 7.34. The first-order chi connectivity index (χ1) is 9.75. The molecule has 0 aliphatic rings. The average Bonchev–Trinajstić information content (AvgIpc) is 3.04. The van der Waals surface area contributed by atoms with E-state index in [-0.39, 0.29) is 0 Å². The fourth-order valence-electron chi connectivity index (χ4n) is 2.65. The Bertz CT molecular complexity index is 919. The standard InChI is InChI=1S/C16H13N3S/c1-10-9-13-12(7-8-20-13)16-18-14(15(17)19(10)16)11-5-3-2-4-6-11/h2-9H,17H2,1H3. The van der Waals surface area contributed by atoms with Crippen LogP contribution in [0, 0.1) is 6.92 Å². The van der Waals surface area contributed by atoms with Crippen LogP contribution in [0.5, 0.6) is 0 Å². The number of hydrogen-bond acceptors (Lipinski definition) is 3. The second-order valence-electron chi connectivity index (χ2n) is 4.85. The number of imidazole rings is 1. The van der Waals surface area contributed by atoms with Crippen molar-refractivity contribution in [2.75, 3.05) is 5.73 Å². The number of nitrogen functional groups attached to an aromatic ring is 1. The number of nitrogens with zero attached hydrogens (tertiary/aromatic N) is 2. The summed E-state index contributed by atoms with van der Waals surface area (Å²) in [5.41, 5.74) is 10.3. The van der Waals surface area contributed by atoms with Crippen LogP contribution in [-0.4, -0.2) is 9.38 Å². The third-order valence-corrected chi connectivity index (χ3v) is 4.45. The van der Waals surface area contributed by atoms with E-state index in [9.17, 15) is 0 Å². The quantitative estimate of drug-likeness (QED) is 0.570. The minimum Gasteiger partial charge on any atom is -0.383 e. The predicted octanol–water partition coefficient (Wildman–Crippen LogP) is 4.11. The molecule has 0 aliphatic heterocycles. The molecule has 3 heterocycles. The average molecular weight is 279 g/mol. The highest BCUT2D eigenvalue weighted by Gasteiger charge is 2.15. The van der Waals surface area contributed by atoms with Gasteiger partial charge in [-0.1, -0.05) is 30.3 Å². The maximum atomic E-state index is 6.34. The Hall–Kier alpha value is -2.33. The van der Waals surface area contributed by atoms with E-state index in [0.717, 1.165) is 28.0 Å². The van der Waals surface area contributed by atoms with E-state index in [1.165, 1.54) is 4.70 Å². The zero-order chi connectivity index (χ0) is 13.7. The van der Waals surface area contributed by atoms with Crippen molar-refractivity contribution in [3.8, 4) is 11.3 Å². The lowest BCUT2D eigenvalue weighted by Crippen LogP contribution is -1.97. The maximum absolute atomic E-state index is 6.34. The van der Waals surface area contributed by atoms with Crippen molar-refractivity contribution in [2.24, 2.45) is 0 Å². The third-order valence-electron chi connectivity index (χ3n) is 3.59. The number of pyridine rings is 1. The molecule has 0 spiro atoms. The van der Waals surface area contributed by atoms with Crippen LogP contribution in [0.15, 0.2) is 47.8 Å². The zero-order valence-electron chi connectivity index (χ0n) is 11.0. The number of aromatic nitrogens is 2. The van der Waals surface area contributed by atoms with Crippen LogP contribution in [0.2, 0.25) is 0 Å². The molecule has 1 aromatic carbocycles. The van der Waals surface area contributed by atoms with Gasteiger partial charge in [-0.3, -0.25) is 4.40 Å². The molecule has 0 radical (unpaired) electrons. The molecule has 3 nitrogen and oxygen atoms in total. The zero-order valence-corrected chi connectivity index (χ0v) is 11.8. The molecule has 4 rings (SSSR count). The summed E-state index contributed by atoms with van der Waals surface area (Å²) in [7, 11) is 0. The molecule has 0 saturated carbocycles. The van der Waals surface area contributed by atoms with Gasteiger partial charge in [0.1, 0.15) is 17.2 Å². The summed E-state index contributed by atoms with van der Waals surface area (Å²) in [5.74, 6) is 0.705. The lowest BCUT2D eigenvalue weighted by molar-refractivity contribution is 1.12. The number of rotatable bonds is 1. The van der Waals surface area contributed by atoms with E-state index < -0.39 is 0 Å². The van der Waals surface area contributed by atoms with Crippen molar-refractivity contribution in [2.45, 2.75) is 6.92 Å². The van der Waals surface area contributed by atoms with E-state index in [4.69, 9.17) is 10.7 Å². The van der Waals surface area contributed by atoms with Crippen LogP contribution in [0.1, 0.15) is 5.69 Å². The van der Waals surface area contributed by atoms with Crippen LogP contribution < -0.4 is 5.73 Å². The number of anilines is 1. The second-order valence-corrected chi connectivity index (χ2v) is 5.80. The van der Waals surface area contributed by atoms with Gasteiger partial charge in [-0.25, -0.2) is 4.98 Å². The van der Waals surface area contributed by atoms with Gasteiger partial charge in [0.15, 0.2) is 0 Å². The molecule has 0 aliphatic carbocycles. The summed E-state index contributed by atoms with van der Waals surface area (Å²) in [6, 6.07) is 14.4. The summed E-state index contributed by atoms with van der Waals surface area (Å²) in [6.45, 7) is 2.07. The van der Waals surface area contributed by atoms with Gasteiger partial charge < -0.3 is 5.73 Å². The Balaban J connectivity index is 2.15. The van der Waals surface area contributed by atoms with Gasteiger partial charge in [-0.2, -0.15) is 0 Å². The van der Waals surface area contributed by atoms with Crippen LogP contribution in [0.4, 0.5) is 5.82 Å². The van der Waals surface area contributed by atoms with Crippen molar-refractivity contribution in [3.63, 3.8) is 0 Å². The topological polar surface area (TPSA) is 43.3 Å². The highest BCUT2D eigenvalue weighted by atomic mass is 32.1. The monoisotopic (exact) mass is 279 g/mol. The molecule has 0 bridgehead atoms. The number of aryl methyl sites for hydroxylation is 1. The number of hydrogen-bond donors (Lipinski definition) is 1. The normalized spacial score (nSPS) is 11.4. The SMILES string of the molecule is Cc1cc2sccc2c2nc(-c3ccccc3)c(N)n12. The largest absolute Gasteiger partial charge is 0.383 e. The Labute approximate surface area is 120 Å². The van der Waals surface area contributed by atoms with Gasteiger partial charge in [0.05, 0.1) is 0 Å². The smallest absolute Gasteiger partial charge is 0.148 e. The summed E-state index contributed by atoms with van der Waals surface area (Å²) >= 11 is 1.73. The molecule has 0 unspecified atom stereocenters. The minimum absolute atomic E-state index is 0.705. The van der Waals surface area contributed by atoms with Gasteiger partial charge in [0, 0.05) is 21.3 Å². The lowest BCUT2D eigenvalue weighted by Gasteiger charge is -2.03. The first-order valence-electron chi connectivity index (χ1n) is 6.46. The van der Waals surface area contributed by atoms with Gasteiger partial charge >= 0.3 is 0 Å². The molecular weight excluding hydrogens is 266 g/mol. The van der Waals surface area contributed by atoms with Crippen LogP contribution in [0.3, 0.4) is 0 Å². The molecular formula is C16H13N3S. The Morgan fingerprint density at radius 3 is 2.75 bits per heavy atom. The maximum Gasteiger partial charge on any atom is 0.148 e. The van der Waals surface area contributed by atoms with Gasteiger partial charge in [0.25, 0.3) is 0 Å². The van der Waals surface area contributed by atoms with Crippen molar-refractivity contribution < 1.29 is 0 Å². The van der Waals surface area contributed by atoms with Crippen molar-refractivity contribution in [3.05, 3.63) is 53.5 Å². The first kappa shape index (κ1) is 11.5. The molecule has 4 aromatic rings.